The van der Waals surface area contributed by atoms with E-state index in [0.29, 0.717) is 17.8 Å². The second-order valence-electron chi connectivity index (χ2n) is 5.37. The molecule has 1 unspecified atom stereocenters. The lowest BCUT2D eigenvalue weighted by Gasteiger charge is -2.31. The average molecular weight is 257 g/mol. The highest BCUT2D eigenvalue weighted by Gasteiger charge is 2.33. The number of nitrogens with zero attached hydrogens (tertiary/aromatic N) is 4. The molecule has 1 N–H and O–H groups in total. The number of hydrogen-bond acceptors (Lipinski definition) is 5. The van der Waals surface area contributed by atoms with E-state index in [4.69, 9.17) is 0 Å². The van der Waals surface area contributed by atoms with E-state index in [-0.39, 0.29) is 0 Å². The lowest BCUT2D eigenvalue weighted by molar-refractivity contribution is 0.397. The van der Waals surface area contributed by atoms with Crippen molar-refractivity contribution in [3.05, 3.63) is 18.1 Å². The molecule has 1 aromatic heterocycles. The predicted molar refractivity (Wildman–Crippen MR) is 72.8 cm³/mol. The third-order valence-corrected chi connectivity index (χ3v) is 3.87. The highest BCUT2D eigenvalue weighted by molar-refractivity contribution is 5.51. The van der Waals surface area contributed by atoms with E-state index >= 15 is 0 Å². The molecule has 5 nitrogen and oxygen atoms in total. The number of rotatable bonds is 4. The molecule has 0 amide bonds. The van der Waals surface area contributed by atoms with Gasteiger partial charge in [-0.1, -0.05) is 6.42 Å². The number of piperidine rings is 1. The second kappa shape index (κ2) is 5.54. The van der Waals surface area contributed by atoms with E-state index in [1.54, 1.807) is 12.4 Å². The van der Waals surface area contributed by atoms with Gasteiger partial charge in [0, 0.05) is 31.0 Å². The quantitative estimate of drug-likeness (QED) is 0.884. The van der Waals surface area contributed by atoms with Crippen LogP contribution in [0.3, 0.4) is 0 Å². The Balaban J connectivity index is 1.78. The van der Waals surface area contributed by atoms with E-state index in [1.165, 1.54) is 32.1 Å². The van der Waals surface area contributed by atoms with Crippen LogP contribution >= 0.6 is 0 Å². The summed E-state index contributed by atoms with van der Waals surface area (Å²) in [6.07, 6.45) is 9.45. The van der Waals surface area contributed by atoms with E-state index in [1.807, 2.05) is 0 Å². The van der Waals surface area contributed by atoms with Crippen LogP contribution in [-0.2, 0) is 0 Å². The predicted octanol–water partition coefficient (Wildman–Crippen LogP) is 1.46. The van der Waals surface area contributed by atoms with Gasteiger partial charge >= 0.3 is 0 Å². The van der Waals surface area contributed by atoms with Crippen molar-refractivity contribution in [2.24, 2.45) is 0 Å². The number of aromatic nitrogens is 2. The zero-order valence-corrected chi connectivity index (χ0v) is 11.0. The fourth-order valence-corrected chi connectivity index (χ4v) is 2.73. The fourth-order valence-electron chi connectivity index (χ4n) is 2.73. The van der Waals surface area contributed by atoms with Crippen molar-refractivity contribution in [3.63, 3.8) is 0 Å². The molecule has 100 valence electrons. The van der Waals surface area contributed by atoms with Crippen molar-refractivity contribution in [1.82, 2.24) is 15.3 Å². The molecule has 0 aromatic carbocycles. The summed E-state index contributed by atoms with van der Waals surface area (Å²) in [6, 6.07) is 3.23. The molecule has 1 aromatic rings. The lowest BCUT2D eigenvalue weighted by Crippen LogP contribution is -2.45. The molecule has 1 saturated heterocycles. The van der Waals surface area contributed by atoms with Crippen molar-refractivity contribution in [1.29, 1.82) is 5.26 Å². The van der Waals surface area contributed by atoms with E-state index in [9.17, 15) is 5.26 Å². The Bertz CT molecular complexity index is 471. The SMILES string of the molecule is N#Cc1nccnc1N(CC1CCCCN1)C1CC1. The first-order valence-electron chi connectivity index (χ1n) is 7.09. The zero-order valence-electron chi connectivity index (χ0n) is 11.0. The van der Waals surface area contributed by atoms with Gasteiger partial charge in [0.25, 0.3) is 0 Å². The van der Waals surface area contributed by atoms with E-state index in [0.717, 1.165) is 18.9 Å². The highest BCUT2D eigenvalue weighted by atomic mass is 15.3. The van der Waals surface area contributed by atoms with Gasteiger partial charge in [0.2, 0.25) is 0 Å². The molecule has 2 aliphatic rings. The summed E-state index contributed by atoms with van der Waals surface area (Å²) in [4.78, 5) is 10.8. The molecular formula is C14H19N5. The van der Waals surface area contributed by atoms with Crippen molar-refractivity contribution in [3.8, 4) is 6.07 Å². The van der Waals surface area contributed by atoms with Crippen LogP contribution in [0.25, 0.3) is 0 Å². The first kappa shape index (κ1) is 12.4. The smallest absolute Gasteiger partial charge is 0.183 e. The van der Waals surface area contributed by atoms with Crippen LogP contribution in [0.2, 0.25) is 0 Å². The Labute approximate surface area is 113 Å². The van der Waals surface area contributed by atoms with E-state index < -0.39 is 0 Å². The van der Waals surface area contributed by atoms with Gasteiger partial charge in [0.1, 0.15) is 6.07 Å². The normalized spacial score (nSPS) is 22.8. The van der Waals surface area contributed by atoms with Crippen LogP contribution in [0.1, 0.15) is 37.8 Å². The highest BCUT2D eigenvalue weighted by Crippen LogP contribution is 2.32. The van der Waals surface area contributed by atoms with Crippen LogP contribution in [0.5, 0.6) is 0 Å². The molecule has 1 aliphatic carbocycles. The summed E-state index contributed by atoms with van der Waals surface area (Å²) in [5, 5.41) is 12.7. The second-order valence-corrected chi connectivity index (χ2v) is 5.37. The summed E-state index contributed by atoms with van der Waals surface area (Å²) in [7, 11) is 0. The largest absolute Gasteiger partial charge is 0.350 e. The average Bonchev–Trinajstić information content (AvgIpc) is 3.30. The molecule has 2 fully saturated rings. The number of nitrogens with one attached hydrogen (secondary N) is 1. The first-order chi connectivity index (χ1) is 9.38. The molecule has 0 bridgehead atoms. The molecule has 1 atom stereocenters. The summed E-state index contributed by atoms with van der Waals surface area (Å²) in [6.45, 7) is 2.05. The molecule has 0 radical (unpaired) electrons. The molecule has 2 heterocycles. The van der Waals surface area contributed by atoms with Crippen LogP contribution < -0.4 is 10.2 Å². The van der Waals surface area contributed by atoms with Crippen molar-refractivity contribution in [2.45, 2.75) is 44.2 Å². The third kappa shape index (κ3) is 2.85. The Morgan fingerprint density at radius 1 is 1.26 bits per heavy atom. The molecule has 1 saturated carbocycles. The van der Waals surface area contributed by atoms with Crippen LogP contribution in [0, 0.1) is 11.3 Å². The van der Waals surface area contributed by atoms with Crippen molar-refractivity contribution >= 4 is 5.82 Å². The summed E-state index contributed by atoms with van der Waals surface area (Å²) in [5.41, 5.74) is 0.449. The zero-order chi connectivity index (χ0) is 13.1. The number of anilines is 1. The van der Waals surface area contributed by atoms with Gasteiger partial charge in [0.05, 0.1) is 0 Å². The lowest BCUT2D eigenvalue weighted by atomic mass is 10.0. The molecular weight excluding hydrogens is 238 g/mol. The van der Waals surface area contributed by atoms with E-state index in [2.05, 4.69) is 26.3 Å². The van der Waals surface area contributed by atoms with Crippen LogP contribution in [0.15, 0.2) is 12.4 Å². The molecule has 3 rings (SSSR count). The minimum atomic E-state index is 0.449. The van der Waals surface area contributed by atoms with Gasteiger partial charge in [-0.05, 0) is 32.2 Å². The maximum atomic E-state index is 9.18. The topological polar surface area (TPSA) is 64.8 Å². The molecule has 5 heteroatoms. The first-order valence-corrected chi connectivity index (χ1v) is 7.09. The Hall–Kier alpha value is -1.67. The van der Waals surface area contributed by atoms with Gasteiger partial charge < -0.3 is 10.2 Å². The summed E-state index contributed by atoms with van der Waals surface area (Å²) in [5.74, 6) is 0.764. The van der Waals surface area contributed by atoms with Gasteiger partial charge in [-0.25, -0.2) is 9.97 Å². The van der Waals surface area contributed by atoms with Gasteiger partial charge in [0.15, 0.2) is 11.5 Å². The van der Waals surface area contributed by atoms with Crippen molar-refractivity contribution in [2.75, 3.05) is 18.0 Å². The number of nitriles is 1. The molecule has 1 aliphatic heterocycles. The standard InChI is InChI=1S/C14H19N5/c15-9-13-14(18-8-7-17-13)19(12-4-5-12)10-11-3-1-2-6-16-11/h7-8,11-12,16H,1-6,10H2. The third-order valence-electron chi connectivity index (χ3n) is 3.87. The maximum Gasteiger partial charge on any atom is 0.183 e. The maximum absolute atomic E-state index is 9.18. The monoisotopic (exact) mass is 257 g/mol. The fraction of sp³-hybridized carbons (Fsp3) is 0.643. The minimum absolute atomic E-state index is 0.449. The summed E-state index contributed by atoms with van der Waals surface area (Å²) >= 11 is 0. The Morgan fingerprint density at radius 3 is 2.79 bits per heavy atom. The minimum Gasteiger partial charge on any atom is -0.350 e. The van der Waals surface area contributed by atoms with Gasteiger partial charge in [-0.2, -0.15) is 5.26 Å². The summed E-state index contributed by atoms with van der Waals surface area (Å²) < 4.78 is 0. The van der Waals surface area contributed by atoms with Crippen LogP contribution in [-0.4, -0.2) is 35.1 Å². The van der Waals surface area contributed by atoms with Gasteiger partial charge in [-0.3, -0.25) is 0 Å². The van der Waals surface area contributed by atoms with Crippen LogP contribution in [0.4, 0.5) is 5.82 Å². The van der Waals surface area contributed by atoms with Gasteiger partial charge in [-0.15, -0.1) is 0 Å². The van der Waals surface area contributed by atoms with Crippen molar-refractivity contribution < 1.29 is 0 Å². The molecule has 19 heavy (non-hydrogen) atoms. The Morgan fingerprint density at radius 2 is 2.11 bits per heavy atom. The molecule has 0 spiro atoms. The number of hydrogen-bond donors (Lipinski definition) is 1. The Kier molecular flexibility index (Phi) is 3.60.